The third kappa shape index (κ3) is 18.7. The summed E-state index contributed by atoms with van der Waals surface area (Å²) in [6, 6.07) is 5.96. The van der Waals surface area contributed by atoms with Gasteiger partial charge in [0.05, 0.1) is 44.3 Å². The van der Waals surface area contributed by atoms with E-state index in [-0.39, 0.29) is 11.5 Å². The van der Waals surface area contributed by atoms with E-state index in [1.54, 1.807) is 0 Å². The number of benzene rings is 1. The topological polar surface area (TPSA) is 110 Å². The van der Waals surface area contributed by atoms with Gasteiger partial charge >= 0.3 is 0 Å². The van der Waals surface area contributed by atoms with Gasteiger partial charge in [0.25, 0.3) is 0 Å². The number of hydrogen-bond donors (Lipinski definition) is 0. The van der Waals surface area contributed by atoms with Crippen molar-refractivity contribution in [1.82, 2.24) is 0 Å². The molecule has 218 valence electrons. The molecule has 37 heavy (non-hydrogen) atoms. The summed E-state index contributed by atoms with van der Waals surface area (Å²) in [4.78, 5) is 0.207. The van der Waals surface area contributed by atoms with E-state index in [0.717, 1.165) is 6.26 Å². The van der Waals surface area contributed by atoms with Gasteiger partial charge in [0.2, 0.25) is 10.4 Å². The fourth-order valence-electron chi connectivity index (χ4n) is 3.98. The van der Waals surface area contributed by atoms with Crippen molar-refractivity contribution in [2.75, 3.05) is 45.6 Å². The first kappa shape index (κ1) is 35.8. The Hall–Kier alpha value is -1.20. The minimum Gasteiger partial charge on any atom is -0.726 e. The zero-order valence-corrected chi connectivity index (χ0v) is 25.4. The molecule has 10 heteroatoms. The van der Waals surface area contributed by atoms with Gasteiger partial charge in [-0.1, -0.05) is 53.4 Å². The lowest BCUT2D eigenvalue weighted by molar-refractivity contribution is -0.929. The van der Waals surface area contributed by atoms with Crippen molar-refractivity contribution in [3.05, 3.63) is 24.3 Å². The van der Waals surface area contributed by atoms with Gasteiger partial charge in [-0.2, -0.15) is 0 Å². The summed E-state index contributed by atoms with van der Waals surface area (Å²) in [5, 5.41) is 0. The molecule has 0 atom stereocenters. The maximum absolute atomic E-state index is 11.2. The number of rotatable bonds is 20. The second-order valence-corrected chi connectivity index (χ2v) is 12.7. The van der Waals surface area contributed by atoms with Gasteiger partial charge < -0.3 is 13.8 Å². The Kier molecular flexibility index (Phi) is 19.2. The Morgan fingerprint density at radius 1 is 0.676 bits per heavy atom. The minimum absolute atomic E-state index is 0.178. The van der Waals surface area contributed by atoms with E-state index in [0.29, 0.717) is 25.2 Å². The van der Waals surface area contributed by atoms with Gasteiger partial charge in [0.1, 0.15) is 5.75 Å². The van der Waals surface area contributed by atoms with Crippen LogP contribution in [0.25, 0.3) is 0 Å². The predicted octanol–water partition coefficient (Wildman–Crippen LogP) is 5.73. The van der Waals surface area contributed by atoms with Crippen molar-refractivity contribution in [3.8, 4) is 5.75 Å². The standard InChI is InChI=1S/C16H36N.C11H16O7S2/c1-5-9-13-17(14-10-6-2,15-11-7-3)16-12-8-4;1-19(12,13)11-6-4-10(5-7-11)17-8-2-3-9-18-20(14,15)16/h5-16H2,1-4H3;4-7H,2-3,8-9H2,1H3,(H,14,15,16)/q+1;/p-1. The van der Waals surface area contributed by atoms with Gasteiger partial charge in [-0.05, 0) is 62.8 Å². The smallest absolute Gasteiger partial charge is 0.217 e. The van der Waals surface area contributed by atoms with Crippen LogP contribution in [0.15, 0.2) is 29.2 Å². The molecular formula is C27H51NO7S2. The molecule has 1 aromatic rings. The highest BCUT2D eigenvalue weighted by Crippen LogP contribution is 2.17. The average Bonchev–Trinajstić information content (AvgIpc) is 2.85. The minimum atomic E-state index is -4.63. The molecule has 0 saturated heterocycles. The van der Waals surface area contributed by atoms with Gasteiger partial charge in [-0.25, -0.2) is 16.8 Å². The number of ether oxygens (including phenoxy) is 1. The maximum Gasteiger partial charge on any atom is 0.217 e. The van der Waals surface area contributed by atoms with E-state index in [1.165, 1.54) is 106 Å². The number of quaternary nitrogens is 1. The zero-order chi connectivity index (χ0) is 28.2. The van der Waals surface area contributed by atoms with Crippen LogP contribution in [0, 0.1) is 0 Å². The highest BCUT2D eigenvalue weighted by molar-refractivity contribution is 7.90. The SMILES string of the molecule is CCCC[N+](CCCC)(CCCC)CCCC.CS(=O)(=O)c1ccc(OCCCCOS(=O)(=O)[O-])cc1. The van der Waals surface area contributed by atoms with E-state index in [4.69, 9.17) is 4.74 Å². The molecule has 0 N–H and O–H groups in total. The summed E-state index contributed by atoms with van der Waals surface area (Å²) in [5.74, 6) is 0.509. The highest BCUT2D eigenvalue weighted by atomic mass is 32.3. The lowest BCUT2D eigenvalue weighted by Gasteiger charge is -2.39. The highest BCUT2D eigenvalue weighted by Gasteiger charge is 2.24. The molecule has 0 radical (unpaired) electrons. The van der Waals surface area contributed by atoms with Crippen molar-refractivity contribution in [3.63, 3.8) is 0 Å². The average molecular weight is 566 g/mol. The first-order chi connectivity index (χ1) is 17.4. The monoisotopic (exact) mass is 565 g/mol. The second kappa shape index (κ2) is 19.8. The lowest BCUT2D eigenvalue weighted by Crippen LogP contribution is -2.50. The quantitative estimate of drug-likeness (QED) is 0.0859. The zero-order valence-electron chi connectivity index (χ0n) is 23.7. The van der Waals surface area contributed by atoms with Crippen LogP contribution in [-0.2, 0) is 24.4 Å². The van der Waals surface area contributed by atoms with Gasteiger partial charge in [0, 0.05) is 6.26 Å². The van der Waals surface area contributed by atoms with Crippen LogP contribution in [0.1, 0.15) is 91.9 Å². The Labute approximate surface area is 227 Å². The molecule has 0 aliphatic heterocycles. The molecule has 0 unspecified atom stereocenters. The number of hydrogen-bond acceptors (Lipinski definition) is 7. The van der Waals surface area contributed by atoms with Crippen molar-refractivity contribution < 1.29 is 34.8 Å². The van der Waals surface area contributed by atoms with Crippen LogP contribution >= 0.6 is 0 Å². The molecule has 0 aromatic heterocycles. The summed E-state index contributed by atoms with van der Waals surface area (Å²) in [5.41, 5.74) is 0. The van der Waals surface area contributed by atoms with E-state index in [1.807, 2.05) is 0 Å². The molecule has 0 aliphatic rings. The Bertz CT molecular complexity index is 864. The first-order valence-corrected chi connectivity index (χ1v) is 17.0. The van der Waals surface area contributed by atoms with Crippen LogP contribution in [-0.4, -0.2) is 71.5 Å². The molecule has 1 rings (SSSR count). The van der Waals surface area contributed by atoms with E-state index in [2.05, 4.69) is 31.9 Å². The number of unbranched alkanes of at least 4 members (excludes halogenated alkanes) is 5. The van der Waals surface area contributed by atoms with Crippen molar-refractivity contribution >= 4 is 20.2 Å². The van der Waals surface area contributed by atoms with E-state index < -0.39 is 20.2 Å². The van der Waals surface area contributed by atoms with Crippen LogP contribution in [0.2, 0.25) is 0 Å². The van der Waals surface area contributed by atoms with Crippen molar-refractivity contribution in [1.29, 1.82) is 0 Å². The van der Waals surface area contributed by atoms with Crippen LogP contribution in [0.4, 0.5) is 0 Å². The van der Waals surface area contributed by atoms with Crippen LogP contribution in [0.3, 0.4) is 0 Å². The number of sulfone groups is 1. The second-order valence-electron chi connectivity index (χ2n) is 9.68. The van der Waals surface area contributed by atoms with E-state index >= 15 is 0 Å². The Balaban J connectivity index is 0.000000712. The van der Waals surface area contributed by atoms with Gasteiger partial charge in [-0.3, -0.25) is 4.18 Å². The molecule has 0 fully saturated rings. The molecule has 0 spiro atoms. The van der Waals surface area contributed by atoms with Crippen LogP contribution in [0.5, 0.6) is 5.75 Å². The van der Waals surface area contributed by atoms with Gasteiger partial charge in [0.15, 0.2) is 9.84 Å². The fraction of sp³-hybridized carbons (Fsp3) is 0.778. The third-order valence-corrected chi connectivity index (χ3v) is 7.81. The Morgan fingerprint density at radius 3 is 1.43 bits per heavy atom. The molecular weight excluding hydrogens is 514 g/mol. The van der Waals surface area contributed by atoms with Gasteiger partial charge in [-0.15, -0.1) is 0 Å². The summed E-state index contributed by atoms with van der Waals surface area (Å²) < 4.78 is 63.7. The largest absolute Gasteiger partial charge is 0.726 e. The summed E-state index contributed by atoms with van der Waals surface area (Å²) in [6.45, 7) is 15.1. The summed E-state index contributed by atoms with van der Waals surface area (Å²) in [6.07, 6.45) is 13.0. The van der Waals surface area contributed by atoms with Crippen LogP contribution < -0.4 is 4.74 Å². The molecule has 0 bridgehead atoms. The molecule has 0 aliphatic carbocycles. The summed E-state index contributed by atoms with van der Waals surface area (Å²) >= 11 is 0. The predicted molar refractivity (Wildman–Crippen MR) is 149 cm³/mol. The Morgan fingerprint density at radius 2 is 1.08 bits per heavy atom. The van der Waals surface area contributed by atoms with Crippen molar-refractivity contribution in [2.45, 2.75) is 96.8 Å². The fourth-order valence-corrected chi connectivity index (χ4v) is 4.94. The maximum atomic E-state index is 11.2. The number of nitrogens with zero attached hydrogens (tertiary/aromatic N) is 1. The first-order valence-electron chi connectivity index (χ1n) is 13.8. The molecule has 0 amide bonds. The summed E-state index contributed by atoms with van der Waals surface area (Å²) in [7, 11) is -7.85. The lowest BCUT2D eigenvalue weighted by atomic mass is 10.1. The molecule has 1 aromatic carbocycles. The van der Waals surface area contributed by atoms with Crippen molar-refractivity contribution in [2.24, 2.45) is 0 Å². The molecule has 8 nitrogen and oxygen atoms in total. The third-order valence-electron chi connectivity index (χ3n) is 6.23. The molecule has 0 heterocycles. The molecule has 0 saturated carbocycles. The van der Waals surface area contributed by atoms with E-state index in [9.17, 15) is 21.4 Å². The normalized spacial score (nSPS) is 12.2.